The zero-order chi connectivity index (χ0) is 21.5. The van der Waals surface area contributed by atoms with Gasteiger partial charge in [0.2, 0.25) is 10.0 Å². The summed E-state index contributed by atoms with van der Waals surface area (Å²) in [5.74, 6) is -0.136. The van der Waals surface area contributed by atoms with Gasteiger partial charge in [-0.1, -0.05) is 48.2 Å². The van der Waals surface area contributed by atoms with Gasteiger partial charge in [0.15, 0.2) is 5.58 Å². The molecule has 9 heteroatoms. The Morgan fingerprint density at radius 1 is 1.17 bits per heavy atom. The van der Waals surface area contributed by atoms with Crippen LogP contribution in [-0.2, 0) is 17.1 Å². The fraction of sp³-hybridized carbons (Fsp3) is 0.381. The molecule has 1 N–H and O–H groups in total. The van der Waals surface area contributed by atoms with E-state index in [9.17, 15) is 13.2 Å². The maximum absolute atomic E-state index is 13.0. The van der Waals surface area contributed by atoms with Crippen LogP contribution in [0.15, 0.2) is 50.5 Å². The molecule has 0 radical (unpaired) electrons. The van der Waals surface area contributed by atoms with E-state index >= 15 is 0 Å². The van der Waals surface area contributed by atoms with Crippen molar-refractivity contribution in [2.75, 3.05) is 6.54 Å². The zero-order valence-corrected chi connectivity index (χ0v) is 18.7. The van der Waals surface area contributed by atoms with Gasteiger partial charge in [0.05, 0.1) is 10.5 Å². The van der Waals surface area contributed by atoms with E-state index in [1.54, 1.807) is 0 Å². The molecule has 1 aliphatic carbocycles. The quantitative estimate of drug-likeness (QED) is 0.568. The zero-order valence-electron chi connectivity index (χ0n) is 16.4. The Morgan fingerprint density at radius 3 is 2.50 bits per heavy atom. The largest absolute Gasteiger partial charge is 0.419 e. The Hall–Kier alpha value is -1.80. The van der Waals surface area contributed by atoms with E-state index in [2.05, 4.69) is 4.72 Å². The molecule has 4 rings (SSSR count). The molecule has 0 saturated heterocycles. The van der Waals surface area contributed by atoms with Crippen molar-refractivity contribution in [3.8, 4) is 0 Å². The van der Waals surface area contributed by atoms with Crippen molar-refractivity contribution in [3.63, 3.8) is 0 Å². The normalized spacial score (nSPS) is 16.4. The molecule has 1 aliphatic rings. The molecule has 1 fully saturated rings. The predicted molar refractivity (Wildman–Crippen MR) is 118 cm³/mol. The van der Waals surface area contributed by atoms with Crippen LogP contribution in [0, 0.1) is 5.92 Å². The molecule has 1 atom stereocenters. The van der Waals surface area contributed by atoms with Crippen molar-refractivity contribution in [2.24, 2.45) is 13.0 Å². The first kappa shape index (κ1) is 21.4. The van der Waals surface area contributed by atoms with Gasteiger partial charge in [0, 0.05) is 30.6 Å². The number of halogens is 2. The van der Waals surface area contributed by atoms with E-state index in [1.807, 2.05) is 24.3 Å². The highest BCUT2D eigenvalue weighted by Gasteiger charge is 2.29. The minimum atomic E-state index is -3.91. The SMILES string of the molecule is Cn1c(=O)oc2cc(S(=O)(=O)NCC(c3ccc(Cl)cc3)C3CCCC3)c(Cl)cc21. The number of oxazole rings is 1. The summed E-state index contributed by atoms with van der Waals surface area (Å²) < 4.78 is 35.2. The van der Waals surface area contributed by atoms with Crippen molar-refractivity contribution in [1.82, 2.24) is 9.29 Å². The fourth-order valence-electron chi connectivity index (χ4n) is 4.24. The highest BCUT2D eigenvalue weighted by molar-refractivity contribution is 7.89. The van der Waals surface area contributed by atoms with Crippen LogP contribution in [0.1, 0.15) is 37.2 Å². The average molecular weight is 469 g/mol. The third-order valence-electron chi connectivity index (χ3n) is 5.90. The van der Waals surface area contributed by atoms with Gasteiger partial charge >= 0.3 is 5.76 Å². The topological polar surface area (TPSA) is 81.3 Å². The van der Waals surface area contributed by atoms with E-state index in [1.165, 1.54) is 23.7 Å². The van der Waals surface area contributed by atoms with Crippen molar-refractivity contribution in [1.29, 1.82) is 0 Å². The minimum Gasteiger partial charge on any atom is -0.408 e. The van der Waals surface area contributed by atoms with Gasteiger partial charge in [0.25, 0.3) is 0 Å². The van der Waals surface area contributed by atoms with Gasteiger partial charge in [-0.15, -0.1) is 0 Å². The van der Waals surface area contributed by atoms with Crippen molar-refractivity contribution < 1.29 is 12.8 Å². The van der Waals surface area contributed by atoms with Crippen molar-refractivity contribution >= 4 is 44.3 Å². The minimum absolute atomic E-state index is 0.0373. The molecular formula is C21H22Cl2N2O4S. The van der Waals surface area contributed by atoms with Crippen molar-refractivity contribution in [2.45, 2.75) is 36.5 Å². The lowest BCUT2D eigenvalue weighted by Crippen LogP contribution is -2.31. The summed E-state index contributed by atoms with van der Waals surface area (Å²) in [4.78, 5) is 11.6. The second-order valence-corrected chi connectivity index (χ2v) is 10.3. The molecule has 1 aromatic heterocycles. The molecule has 3 aromatic rings. The monoisotopic (exact) mass is 468 g/mol. The third kappa shape index (κ3) is 4.17. The number of rotatable bonds is 6. The Labute approximate surface area is 184 Å². The maximum atomic E-state index is 13.0. The Kier molecular flexibility index (Phi) is 5.99. The second-order valence-electron chi connectivity index (χ2n) is 7.73. The van der Waals surface area contributed by atoms with Gasteiger partial charge in [0.1, 0.15) is 4.90 Å². The summed E-state index contributed by atoms with van der Waals surface area (Å²) in [7, 11) is -2.37. The number of sulfonamides is 1. The van der Waals surface area contributed by atoms with E-state index in [0.29, 0.717) is 16.5 Å². The van der Waals surface area contributed by atoms with Crippen LogP contribution < -0.4 is 10.5 Å². The summed E-state index contributed by atoms with van der Waals surface area (Å²) in [6.07, 6.45) is 4.43. The van der Waals surface area contributed by atoms with Crippen molar-refractivity contribution in [3.05, 3.63) is 62.6 Å². The number of benzene rings is 2. The first-order valence-electron chi connectivity index (χ1n) is 9.80. The Balaban J connectivity index is 1.63. The molecule has 0 aliphatic heterocycles. The van der Waals surface area contributed by atoms with E-state index < -0.39 is 15.8 Å². The van der Waals surface area contributed by atoms with Gasteiger partial charge in [-0.3, -0.25) is 4.57 Å². The number of fused-ring (bicyclic) bond motifs is 1. The molecule has 1 unspecified atom stereocenters. The smallest absolute Gasteiger partial charge is 0.408 e. The molecule has 0 spiro atoms. The molecule has 1 heterocycles. The van der Waals surface area contributed by atoms with Gasteiger partial charge < -0.3 is 4.42 Å². The Morgan fingerprint density at radius 2 is 1.83 bits per heavy atom. The number of aryl methyl sites for hydroxylation is 1. The fourth-order valence-corrected chi connectivity index (χ4v) is 5.96. The molecule has 6 nitrogen and oxygen atoms in total. The number of aromatic nitrogens is 1. The van der Waals surface area contributed by atoms with Crippen LogP contribution >= 0.6 is 23.2 Å². The van der Waals surface area contributed by atoms with Crippen LogP contribution in [0.5, 0.6) is 0 Å². The summed E-state index contributed by atoms with van der Waals surface area (Å²) >= 11 is 12.3. The van der Waals surface area contributed by atoms with Crippen LogP contribution in [-0.4, -0.2) is 19.5 Å². The van der Waals surface area contributed by atoms with Crippen LogP contribution in [0.2, 0.25) is 10.0 Å². The first-order chi connectivity index (χ1) is 14.3. The summed E-state index contributed by atoms with van der Waals surface area (Å²) in [6.45, 7) is 0.252. The lowest BCUT2D eigenvalue weighted by atomic mass is 9.85. The maximum Gasteiger partial charge on any atom is 0.419 e. The summed E-state index contributed by atoms with van der Waals surface area (Å²) in [5.41, 5.74) is 1.68. The van der Waals surface area contributed by atoms with Gasteiger partial charge in [-0.25, -0.2) is 17.9 Å². The Bertz CT molecular complexity index is 1230. The molecule has 0 amide bonds. The lowest BCUT2D eigenvalue weighted by molar-refractivity contribution is 0.428. The molecule has 1 saturated carbocycles. The van der Waals surface area contributed by atoms with E-state index in [-0.39, 0.29) is 28.0 Å². The van der Waals surface area contributed by atoms with E-state index in [4.69, 9.17) is 27.6 Å². The number of nitrogens with zero attached hydrogens (tertiary/aromatic N) is 1. The third-order valence-corrected chi connectivity index (χ3v) is 8.04. The second kappa shape index (κ2) is 8.38. The number of nitrogens with one attached hydrogen (secondary N) is 1. The molecular weight excluding hydrogens is 447 g/mol. The number of hydrogen-bond acceptors (Lipinski definition) is 4. The predicted octanol–water partition coefficient (Wildman–Crippen LogP) is 4.69. The first-order valence-corrected chi connectivity index (χ1v) is 12.0. The van der Waals surface area contributed by atoms with Crippen LogP contribution in [0.25, 0.3) is 11.1 Å². The average Bonchev–Trinajstić information content (AvgIpc) is 3.32. The highest BCUT2D eigenvalue weighted by atomic mass is 35.5. The highest BCUT2D eigenvalue weighted by Crippen LogP contribution is 2.38. The van der Waals surface area contributed by atoms with Gasteiger partial charge in [-0.2, -0.15) is 0 Å². The molecule has 160 valence electrons. The standard InChI is InChI=1S/C21H22Cl2N2O4S/c1-25-18-10-17(23)20(11-19(18)29-21(25)26)30(27,28)24-12-16(13-4-2-3-5-13)14-6-8-15(22)9-7-14/h6-11,13,16,24H,2-5,12H2,1H3. The summed E-state index contributed by atoms with van der Waals surface area (Å²) in [6, 6.07) is 10.3. The summed E-state index contributed by atoms with van der Waals surface area (Å²) in [5, 5.41) is 0.684. The van der Waals surface area contributed by atoms with Crippen LogP contribution in [0.4, 0.5) is 0 Å². The lowest BCUT2D eigenvalue weighted by Gasteiger charge is -2.24. The molecule has 2 aromatic carbocycles. The van der Waals surface area contributed by atoms with Gasteiger partial charge in [-0.05, 0) is 42.5 Å². The number of hydrogen-bond donors (Lipinski definition) is 1. The molecule has 0 bridgehead atoms. The van der Waals surface area contributed by atoms with E-state index in [0.717, 1.165) is 31.2 Å². The molecule has 30 heavy (non-hydrogen) atoms. The van der Waals surface area contributed by atoms with Crippen LogP contribution in [0.3, 0.4) is 0 Å².